The molecule has 1 aliphatic rings. The molecular formula is C29H31N3O5. The van der Waals surface area contributed by atoms with Crippen molar-refractivity contribution in [1.82, 2.24) is 4.90 Å². The Hall–Kier alpha value is -4.17. The van der Waals surface area contributed by atoms with E-state index in [2.05, 4.69) is 10.6 Å². The molecule has 1 fully saturated rings. The van der Waals surface area contributed by atoms with Gasteiger partial charge in [-0.05, 0) is 66.8 Å². The summed E-state index contributed by atoms with van der Waals surface area (Å²) in [5.74, 6) is -0.179. The van der Waals surface area contributed by atoms with Crippen LogP contribution >= 0.6 is 0 Å². The summed E-state index contributed by atoms with van der Waals surface area (Å²) in [4.78, 5) is 38.4. The van der Waals surface area contributed by atoms with Gasteiger partial charge in [0, 0.05) is 24.3 Å². The molecule has 1 saturated heterocycles. The van der Waals surface area contributed by atoms with E-state index in [4.69, 9.17) is 9.84 Å². The van der Waals surface area contributed by atoms with E-state index < -0.39 is 5.97 Å². The summed E-state index contributed by atoms with van der Waals surface area (Å²) >= 11 is 0. The van der Waals surface area contributed by atoms with Crippen molar-refractivity contribution >= 4 is 29.2 Å². The Kier molecular flexibility index (Phi) is 8.53. The molecule has 37 heavy (non-hydrogen) atoms. The van der Waals surface area contributed by atoms with Crippen LogP contribution in [0.2, 0.25) is 0 Å². The first-order valence-electron chi connectivity index (χ1n) is 12.3. The van der Waals surface area contributed by atoms with E-state index >= 15 is 0 Å². The second-order valence-electron chi connectivity index (χ2n) is 9.20. The smallest absolute Gasteiger partial charge is 0.323 e. The second-order valence-corrected chi connectivity index (χ2v) is 9.20. The maximum absolute atomic E-state index is 13.1. The fourth-order valence-corrected chi connectivity index (χ4v) is 4.45. The average molecular weight is 502 g/mol. The Labute approximate surface area is 216 Å². The highest BCUT2D eigenvalue weighted by molar-refractivity contribution is 6.00. The first kappa shape index (κ1) is 25.9. The summed E-state index contributed by atoms with van der Waals surface area (Å²) in [6.45, 7) is 2.97. The summed E-state index contributed by atoms with van der Waals surface area (Å²) in [5.41, 5.74) is 3.92. The number of carbonyl (C=O) groups excluding carboxylic acids is 2. The molecular weight excluding hydrogens is 470 g/mol. The fraction of sp³-hybridized carbons (Fsp3) is 0.276. The topological polar surface area (TPSA) is 108 Å². The maximum atomic E-state index is 13.1. The van der Waals surface area contributed by atoms with Gasteiger partial charge < -0.3 is 20.5 Å². The van der Waals surface area contributed by atoms with Crippen LogP contribution < -0.4 is 15.4 Å². The standard InChI is InChI=1S/C29H31N3O5/c1-20-6-2-3-9-25(20)31-29(36)30-23-13-11-21(12-14-23)17-27(33)26-10-5-15-32(26)19-37-24-8-4-7-22(16-24)18-28(34)35/h2-4,6-9,11-14,16,26H,5,10,15,17-19H2,1H3,(H,34,35)(H2,30,31,36)/t26-/m0/s1. The van der Waals surface area contributed by atoms with Crippen LogP contribution in [-0.4, -0.2) is 47.1 Å². The molecule has 3 aromatic rings. The van der Waals surface area contributed by atoms with Gasteiger partial charge in [0.25, 0.3) is 0 Å². The van der Waals surface area contributed by atoms with Gasteiger partial charge in [0.2, 0.25) is 0 Å². The third-order valence-corrected chi connectivity index (χ3v) is 6.37. The Morgan fingerprint density at radius 1 is 0.946 bits per heavy atom. The number of rotatable bonds is 10. The number of nitrogens with one attached hydrogen (secondary N) is 2. The molecule has 0 aromatic heterocycles. The van der Waals surface area contributed by atoms with Gasteiger partial charge in [-0.15, -0.1) is 0 Å². The monoisotopic (exact) mass is 501 g/mol. The number of carboxylic acids is 1. The molecule has 2 amide bonds. The number of urea groups is 1. The molecule has 0 aliphatic carbocycles. The number of aliphatic carboxylic acids is 1. The molecule has 8 nitrogen and oxygen atoms in total. The Bertz CT molecular complexity index is 1260. The SMILES string of the molecule is Cc1ccccc1NC(=O)Nc1ccc(CC(=O)[C@@H]2CCCN2COc2cccc(CC(=O)O)c2)cc1. The predicted octanol–water partition coefficient (Wildman–Crippen LogP) is 4.88. The highest BCUT2D eigenvalue weighted by Crippen LogP contribution is 2.22. The van der Waals surface area contributed by atoms with Crippen molar-refractivity contribution in [3.63, 3.8) is 0 Å². The van der Waals surface area contributed by atoms with Gasteiger partial charge in [0.05, 0.1) is 12.5 Å². The summed E-state index contributed by atoms with van der Waals surface area (Å²) in [7, 11) is 0. The lowest BCUT2D eigenvalue weighted by Gasteiger charge is -2.23. The number of ether oxygens (including phenoxy) is 1. The van der Waals surface area contributed by atoms with Gasteiger partial charge in [-0.25, -0.2) is 4.79 Å². The average Bonchev–Trinajstić information content (AvgIpc) is 3.34. The number of hydrogen-bond acceptors (Lipinski definition) is 5. The molecule has 0 unspecified atom stereocenters. The van der Waals surface area contributed by atoms with Crippen LogP contribution in [0.5, 0.6) is 5.75 Å². The lowest BCUT2D eigenvalue weighted by Crippen LogP contribution is -2.39. The highest BCUT2D eigenvalue weighted by Gasteiger charge is 2.30. The Morgan fingerprint density at radius 3 is 2.49 bits per heavy atom. The summed E-state index contributed by atoms with van der Waals surface area (Å²) in [6.07, 6.45) is 1.93. The van der Waals surface area contributed by atoms with E-state index in [1.54, 1.807) is 36.4 Å². The fourth-order valence-electron chi connectivity index (χ4n) is 4.45. The number of aryl methyl sites for hydroxylation is 1. The van der Waals surface area contributed by atoms with Gasteiger partial charge >= 0.3 is 12.0 Å². The minimum Gasteiger partial charge on any atom is -0.481 e. The van der Waals surface area contributed by atoms with Crippen LogP contribution in [0.1, 0.15) is 29.5 Å². The molecule has 0 saturated carbocycles. The number of carbonyl (C=O) groups is 3. The lowest BCUT2D eigenvalue weighted by atomic mass is 10.0. The van der Waals surface area contributed by atoms with E-state index in [1.165, 1.54) is 0 Å². The minimum absolute atomic E-state index is 0.0618. The number of anilines is 2. The third kappa shape index (κ3) is 7.41. The zero-order valence-electron chi connectivity index (χ0n) is 20.8. The molecule has 1 atom stereocenters. The molecule has 4 rings (SSSR count). The molecule has 1 aliphatic heterocycles. The van der Waals surface area contributed by atoms with Crippen molar-refractivity contribution in [3.05, 3.63) is 89.5 Å². The number of likely N-dealkylation sites (tertiary alicyclic amines) is 1. The molecule has 0 bridgehead atoms. The van der Waals surface area contributed by atoms with Gasteiger partial charge in [-0.3, -0.25) is 14.5 Å². The number of benzene rings is 3. The summed E-state index contributed by atoms with van der Waals surface area (Å²) in [5, 5.41) is 14.6. The van der Waals surface area contributed by atoms with Gasteiger partial charge in [0.15, 0.2) is 5.78 Å². The van der Waals surface area contributed by atoms with Crippen LogP contribution in [0.25, 0.3) is 0 Å². The van der Waals surface area contributed by atoms with Crippen molar-refractivity contribution in [2.75, 3.05) is 23.9 Å². The molecule has 3 aromatic carbocycles. The Balaban J connectivity index is 1.28. The van der Waals surface area contributed by atoms with E-state index in [-0.39, 0.29) is 31.0 Å². The molecule has 0 radical (unpaired) electrons. The molecule has 8 heteroatoms. The van der Waals surface area contributed by atoms with Gasteiger partial charge in [0.1, 0.15) is 12.5 Å². The van der Waals surface area contributed by atoms with E-state index in [9.17, 15) is 14.4 Å². The first-order valence-corrected chi connectivity index (χ1v) is 12.3. The molecule has 192 valence electrons. The predicted molar refractivity (Wildman–Crippen MR) is 142 cm³/mol. The molecule has 3 N–H and O–H groups in total. The van der Waals surface area contributed by atoms with Gasteiger partial charge in [-0.2, -0.15) is 0 Å². The number of ketones is 1. The van der Waals surface area contributed by atoms with Gasteiger partial charge in [-0.1, -0.05) is 42.5 Å². The highest BCUT2D eigenvalue weighted by atomic mass is 16.5. The third-order valence-electron chi connectivity index (χ3n) is 6.37. The van der Waals surface area contributed by atoms with E-state index in [1.807, 2.05) is 48.2 Å². The summed E-state index contributed by atoms with van der Waals surface area (Å²) in [6, 6.07) is 21.3. The quantitative estimate of drug-likeness (QED) is 0.366. The Morgan fingerprint density at radius 2 is 1.73 bits per heavy atom. The first-order chi connectivity index (χ1) is 17.9. The van der Waals surface area contributed by atoms with Crippen molar-refractivity contribution in [2.24, 2.45) is 0 Å². The van der Waals surface area contributed by atoms with Crippen molar-refractivity contribution in [1.29, 1.82) is 0 Å². The van der Waals surface area contributed by atoms with Crippen LogP contribution in [0.4, 0.5) is 16.2 Å². The van der Waals surface area contributed by atoms with Crippen LogP contribution in [-0.2, 0) is 22.4 Å². The molecule has 1 heterocycles. The molecule has 0 spiro atoms. The summed E-state index contributed by atoms with van der Waals surface area (Å²) < 4.78 is 5.88. The van der Waals surface area contributed by atoms with Crippen LogP contribution in [0.15, 0.2) is 72.8 Å². The van der Waals surface area contributed by atoms with Crippen molar-refractivity contribution in [2.45, 2.75) is 38.6 Å². The number of para-hydroxylation sites is 1. The van der Waals surface area contributed by atoms with E-state index in [0.29, 0.717) is 23.4 Å². The number of amides is 2. The zero-order chi connectivity index (χ0) is 26.2. The normalized spacial score (nSPS) is 15.2. The van der Waals surface area contributed by atoms with Crippen LogP contribution in [0.3, 0.4) is 0 Å². The van der Waals surface area contributed by atoms with Crippen molar-refractivity contribution in [3.8, 4) is 5.75 Å². The largest absolute Gasteiger partial charge is 0.481 e. The number of Topliss-reactive ketones (excluding diaryl/α,β-unsaturated/α-hetero) is 1. The zero-order valence-corrected chi connectivity index (χ0v) is 20.8. The minimum atomic E-state index is -0.892. The van der Waals surface area contributed by atoms with Crippen LogP contribution in [0, 0.1) is 6.92 Å². The van der Waals surface area contributed by atoms with Crippen molar-refractivity contribution < 1.29 is 24.2 Å². The van der Waals surface area contributed by atoms with E-state index in [0.717, 1.165) is 36.2 Å². The maximum Gasteiger partial charge on any atom is 0.323 e. The number of nitrogens with zero attached hydrogens (tertiary/aromatic N) is 1. The number of hydrogen-bond donors (Lipinski definition) is 3. The lowest BCUT2D eigenvalue weighted by molar-refractivity contribution is -0.136. The number of carboxylic acid groups (broad SMARTS) is 1. The second kappa shape index (κ2) is 12.2.